The number of benzene rings is 1. The van der Waals surface area contributed by atoms with Crippen LogP contribution in [0.3, 0.4) is 0 Å². The van der Waals surface area contributed by atoms with E-state index in [9.17, 15) is 34.2 Å². The Bertz CT molecular complexity index is 942. The number of carboxylic acid groups (broad SMARTS) is 2. The van der Waals surface area contributed by atoms with Gasteiger partial charge in [0, 0.05) is 25.1 Å². The molecule has 1 aromatic carbocycles. The molecular formula is C22H30N4O8S. The Hall–Kier alpha value is -3.32. The van der Waals surface area contributed by atoms with Crippen molar-refractivity contribution in [3.8, 4) is 5.75 Å². The summed E-state index contributed by atoms with van der Waals surface area (Å²) in [6, 6.07) is 1.45. The molecule has 0 aliphatic carbocycles. The maximum Gasteiger partial charge on any atom is 0.326 e. The van der Waals surface area contributed by atoms with Gasteiger partial charge in [-0.2, -0.15) is 12.6 Å². The molecule has 4 unspecified atom stereocenters. The molecule has 1 fully saturated rings. The van der Waals surface area contributed by atoms with Crippen LogP contribution in [-0.4, -0.2) is 86.3 Å². The number of carbonyl (C=O) groups is 5. The third kappa shape index (κ3) is 8.14. The first kappa shape index (κ1) is 27.9. The number of carboxylic acids is 2. The fourth-order valence-electron chi connectivity index (χ4n) is 3.72. The quantitative estimate of drug-likeness (QED) is 0.174. The molecule has 2 rings (SSSR count). The van der Waals surface area contributed by atoms with Crippen molar-refractivity contribution in [2.45, 2.75) is 56.3 Å². The number of phenols is 1. The van der Waals surface area contributed by atoms with Gasteiger partial charge in [0.2, 0.25) is 17.7 Å². The van der Waals surface area contributed by atoms with Crippen molar-refractivity contribution < 1.29 is 39.3 Å². The van der Waals surface area contributed by atoms with Crippen LogP contribution in [0.2, 0.25) is 0 Å². The maximum atomic E-state index is 12.9. The van der Waals surface area contributed by atoms with E-state index in [1.807, 2.05) is 0 Å². The van der Waals surface area contributed by atoms with Crippen LogP contribution >= 0.6 is 12.6 Å². The number of nitrogens with zero attached hydrogens (tertiary/aromatic N) is 1. The van der Waals surface area contributed by atoms with Gasteiger partial charge in [-0.1, -0.05) is 12.1 Å². The summed E-state index contributed by atoms with van der Waals surface area (Å²) in [4.78, 5) is 61.9. The normalized spacial score (nSPS) is 17.8. The molecule has 4 atom stereocenters. The summed E-state index contributed by atoms with van der Waals surface area (Å²) < 4.78 is 0. The van der Waals surface area contributed by atoms with Crippen LogP contribution in [0.5, 0.6) is 5.75 Å². The fourth-order valence-corrected chi connectivity index (χ4v) is 3.98. The lowest BCUT2D eigenvalue weighted by Crippen LogP contribution is -2.57. The Morgan fingerprint density at radius 1 is 1.09 bits per heavy atom. The van der Waals surface area contributed by atoms with Crippen molar-refractivity contribution in [3.63, 3.8) is 0 Å². The minimum absolute atomic E-state index is 0.0183. The topological polar surface area (TPSA) is 199 Å². The minimum atomic E-state index is -1.29. The SMILES string of the molecule is NC(CCC(=O)O)C(=O)N1CCCC1C(=O)NC(CS)C(=O)NC(Cc1ccc(O)cc1)C(=O)O. The van der Waals surface area contributed by atoms with E-state index in [0.29, 0.717) is 18.4 Å². The molecule has 0 bridgehead atoms. The van der Waals surface area contributed by atoms with Crippen LogP contribution in [0.25, 0.3) is 0 Å². The molecule has 12 nitrogen and oxygen atoms in total. The number of phenolic OH excluding ortho intramolecular Hbond substituents is 1. The second kappa shape index (κ2) is 13.0. The zero-order valence-electron chi connectivity index (χ0n) is 18.9. The monoisotopic (exact) mass is 510 g/mol. The number of carbonyl (C=O) groups excluding carboxylic acids is 3. The van der Waals surface area contributed by atoms with Crippen LogP contribution in [0.15, 0.2) is 24.3 Å². The molecule has 1 aliphatic heterocycles. The zero-order chi connectivity index (χ0) is 26.1. The number of aromatic hydroxyl groups is 1. The molecule has 0 radical (unpaired) electrons. The van der Waals surface area contributed by atoms with Gasteiger partial charge in [-0.3, -0.25) is 19.2 Å². The summed E-state index contributed by atoms with van der Waals surface area (Å²) in [5.41, 5.74) is 6.38. The van der Waals surface area contributed by atoms with E-state index in [2.05, 4.69) is 23.3 Å². The molecule has 1 saturated heterocycles. The first-order valence-electron chi connectivity index (χ1n) is 11.0. The van der Waals surface area contributed by atoms with Gasteiger partial charge in [0.05, 0.1) is 6.04 Å². The van der Waals surface area contributed by atoms with E-state index >= 15 is 0 Å². The molecule has 0 aromatic heterocycles. The zero-order valence-corrected chi connectivity index (χ0v) is 19.8. The van der Waals surface area contributed by atoms with Gasteiger partial charge >= 0.3 is 11.9 Å². The van der Waals surface area contributed by atoms with Gasteiger partial charge in [-0.15, -0.1) is 0 Å². The third-order valence-electron chi connectivity index (χ3n) is 5.63. The molecule has 35 heavy (non-hydrogen) atoms. The lowest BCUT2D eigenvalue weighted by Gasteiger charge is -2.28. The number of rotatable bonds is 12. The number of nitrogens with one attached hydrogen (secondary N) is 2. The number of aliphatic carboxylic acids is 2. The highest BCUT2D eigenvalue weighted by atomic mass is 32.1. The summed E-state index contributed by atoms with van der Waals surface area (Å²) in [6.07, 6.45) is 0.462. The Labute approximate surface area is 207 Å². The summed E-state index contributed by atoms with van der Waals surface area (Å²) in [5, 5.41) is 32.6. The Morgan fingerprint density at radius 3 is 2.31 bits per heavy atom. The van der Waals surface area contributed by atoms with Crippen LogP contribution in [0, 0.1) is 0 Å². The van der Waals surface area contributed by atoms with Gasteiger partial charge in [0.25, 0.3) is 0 Å². The molecule has 13 heteroatoms. The van der Waals surface area contributed by atoms with Crippen LogP contribution in [-0.2, 0) is 30.4 Å². The highest BCUT2D eigenvalue weighted by Gasteiger charge is 2.37. The molecule has 7 N–H and O–H groups in total. The van der Waals surface area contributed by atoms with Crippen molar-refractivity contribution in [2.24, 2.45) is 5.73 Å². The lowest BCUT2D eigenvalue weighted by atomic mass is 10.1. The van der Waals surface area contributed by atoms with Gasteiger partial charge in [0.15, 0.2) is 0 Å². The fraction of sp³-hybridized carbons (Fsp3) is 0.500. The predicted molar refractivity (Wildman–Crippen MR) is 127 cm³/mol. The van der Waals surface area contributed by atoms with Crippen molar-refractivity contribution in [1.29, 1.82) is 0 Å². The van der Waals surface area contributed by atoms with Gasteiger partial charge in [-0.25, -0.2) is 4.79 Å². The van der Waals surface area contributed by atoms with Crippen LogP contribution < -0.4 is 16.4 Å². The number of hydrogen-bond acceptors (Lipinski definition) is 8. The summed E-state index contributed by atoms with van der Waals surface area (Å²) in [6.45, 7) is 0.267. The van der Waals surface area contributed by atoms with Crippen LogP contribution in [0.1, 0.15) is 31.2 Å². The summed E-state index contributed by atoms with van der Waals surface area (Å²) >= 11 is 4.09. The number of likely N-dealkylation sites (tertiary alicyclic amines) is 1. The van der Waals surface area contributed by atoms with E-state index in [4.69, 9.17) is 10.8 Å². The molecule has 1 heterocycles. The Balaban J connectivity index is 2.00. The highest BCUT2D eigenvalue weighted by molar-refractivity contribution is 7.80. The van der Waals surface area contributed by atoms with E-state index in [1.54, 1.807) is 0 Å². The standard InChI is InChI=1S/C22H30N4O8S/c23-14(7-8-18(28)29)21(32)26-9-1-2-17(26)20(31)25-16(11-35)19(30)24-15(22(33)34)10-12-3-5-13(27)6-4-12/h3-6,14-17,27,35H,1-2,7-11,23H2,(H,24,30)(H,25,31)(H,28,29)(H,33,34). The first-order valence-corrected chi connectivity index (χ1v) is 11.7. The van der Waals surface area contributed by atoms with Crippen molar-refractivity contribution in [2.75, 3.05) is 12.3 Å². The number of amides is 3. The summed E-state index contributed by atoms with van der Waals surface area (Å²) in [7, 11) is 0. The minimum Gasteiger partial charge on any atom is -0.508 e. The largest absolute Gasteiger partial charge is 0.508 e. The number of nitrogens with two attached hydrogens (primary N) is 1. The van der Waals surface area contributed by atoms with Crippen molar-refractivity contribution in [3.05, 3.63) is 29.8 Å². The van der Waals surface area contributed by atoms with Crippen molar-refractivity contribution >= 4 is 42.3 Å². The second-order valence-corrected chi connectivity index (χ2v) is 8.61. The maximum absolute atomic E-state index is 12.9. The Morgan fingerprint density at radius 2 is 1.74 bits per heavy atom. The summed E-state index contributed by atoms with van der Waals surface area (Å²) in [5.74, 6) is -4.38. The molecule has 3 amide bonds. The molecule has 0 spiro atoms. The molecule has 1 aromatic rings. The molecular weight excluding hydrogens is 480 g/mol. The average Bonchev–Trinajstić information content (AvgIpc) is 3.31. The predicted octanol–water partition coefficient (Wildman–Crippen LogP) is -0.898. The Kier molecular flexibility index (Phi) is 10.3. The molecule has 1 aliphatic rings. The van der Waals surface area contributed by atoms with Gasteiger partial charge in [-0.05, 0) is 37.0 Å². The van der Waals surface area contributed by atoms with Crippen molar-refractivity contribution in [1.82, 2.24) is 15.5 Å². The van der Waals surface area contributed by atoms with E-state index < -0.39 is 53.8 Å². The smallest absolute Gasteiger partial charge is 0.326 e. The van der Waals surface area contributed by atoms with E-state index in [-0.39, 0.29) is 37.3 Å². The average molecular weight is 511 g/mol. The third-order valence-corrected chi connectivity index (χ3v) is 6.00. The number of hydrogen-bond donors (Lipinski definition) is 7. The first-order chi connectivity index (χ1) is 16.5. The lowest BCUT2D eigenvalue weighted by molar-refractivity contribution is -0.143. The number of thiol groups is 1. The molecule has 0 saturated carbocycles. The van der Waals surface area contributed by atoms with Crippen LogP contribution in [0.4, 0.5) is 0 Å². The van der Waals surface area contributed by atoms with E-state index in [0.717, 1.165) is 0 Å². The second-order valence-electron chi connectivity index (χ2n) is 8.24. The van der Waals surface area contributed by atoms with E-state index in [1.165, 1.54) is 29.2 Å². The van der Waals surface area contributed by atoms with Gasteiger partial charge in [0.1, 0.15) is 23.9 Å². The molecule has 192 valence electrons. The van der Waals surface area contributed by atoms with Gasteiger partial charge < -0.3 is 36.6 Å². The highest BCUT2D eigenvalue weighted by Crippen LogP contribution is 2.19.